The topological polar surface area (TPSA) is 138 Å². The maximum Gasteiger partial charge on any atom is 0.335 e. The molecule has 0 spiro atoms. The number of nitrogens with one attached hydrogen (secondary N) is 1. The maximum atomic E-state index is 13.1. The highest BCUT2D eigenvalue weighted by Crippen LogP contribution is 2.41. The first-order valence-electron chi connectivity index (χ1n) is 20.5. The molecule has 2 saturated heterocycles. The van der Waals surface area contributed by atoms with Gasteiger partial charge in [0.1, 0.15) is 42.3 Å². The molecule has 6 aromatic carbocycles. The molecule has 12 heteroatoms. The highest BCUT2D eigenvalue weighted by atomic mass is 16.5. The summed E-state index contributed by atoms with van der Waals surface area (Å²) < 4.78 is 18.9. The average molecular weight is 817 g/mol. The smallest absolute Gasteiger partial charge is 0.335 e. The van der Waals surface area contributed by atoms with Crippen molar-refractivity contribution in [1.82, 2.24) is 15.1 Å². The van der Waals surface area contributed by atoms with Gasteiger partial charge in [0.2, 0.25) is 11.8 Å². The van der Waals surface area contributed by atoms with Crippen LogP contribution in [0.25, 0.3) is 21.9 Å². The number of ether oxygens (including phenoxy) is 3. The zero-order valence-corrected chi connectivity index (χ0v) is 33.4. The lowest BCUT2D eigenvalue weighted by Crippen LogP contribution is -2.52. The fourth-order valence-electron chi connectivity index (χ4n) is 8.24. The van der Waals surface area contributed by atoms with Gasteiger partial charge in [-0.1, -0.05) is 48.5 Å². The minimum Gasteiger partial charge on any atom is -0.492 e. The van der Waals surface area contributed by atoms with E-state index in [-0.39, 0.29) is 23.8 Å². The van der Waals surface area contributed by atoms with Crippen molar-refractivity contribution in [2.24, 2.45) is 0 Å². The Kier molecular flexibility index (Phi) is 11.1. The van der Waals surface area contributed by atoms with Crippen LogP contribution < -0.4 is 24.4 Å². The number of anilines is 1. The van der Waals surface area contributed by atoms with Gasteiger partial charge in [-0.05, 0) is 107 Å². The highest BCUT2D eigenvalue weighted by Gasteiger charge is 2.39. The van der Waals surface area contributed by atoms with Gasteiger partial charge in [-0.15, -0.1) is 0 Å². The number of carbonyl (C=O) groups excluding carboxylic acids is 3. The highest BCUT2D eigenvalue weighted by molar-refractivity contribution is 6.05. The summed E-state index contributed by atoms with van der Waals surface area (Å²) in [6.07, 6.45) is 0.579. The van der Waals surface area contributed by atoms with Crippen LogP contribution in [0.15, 0.2) is 127 Å². The van der Waals surface area contributed by atoms with Gasteiger partial charge in [0.25, 0.3) is 5.91 Å². The van der Waals surface area contributed by atoms with Crippen molar-refractivity contribution < 1.29 is 38.5 Å². The van der Waals surface area contributed by atoms with Crippen molar-refractivity contribution >= 4 is 40.2 Å². The second kappa shape index (κ2) is 17.2. The van der Waals surface area contributed by atoms with E-state index < -0.39 is 17.9 Å². The molecule has 9 rings (SSSR count). The molecule has 1 unspecified atom stereocenters. The molecule has 0 radical (unpaired) electrons. The lowest BCUT2D eigenvalue weighted by atomic mass is 9.98. The Hall–Kier alpha value is -7.18. The summed E-state index contributed by atoms with van der Waals surface area (Å²) in [5, 5.41) is 13.7. The third-order valence-electron chi connectivity index (χ3n) is 11.6. The molecule has 3 aliphatic rings. The number of piperazine rings is 1. The SMILES string of the molecule is O=C1CCC(N2Cc3cc(N4CCN(CCOc5ccc(Oc6c(-c7ccc(C(=O)O)cc7)ccc7cc(OCc8ccccc8)ccc67)cc5)CC4)ccc3C2=O)C(=O)N1. The van der Waals surface area contributed by atoms with E-state index in [1.807, 2.05) is 97.1 Å². The van der Waals surface area contributed by atoms with Gasteiger partial charge in [-0.2, -0.15) is 0 Å². The van der Waals surface area contributed by atoms with Crippen molar-refractivity contribution in [2.75, 3.05) is 44.2 Å². The van der Waals surface area contributed by atoms with Crippen LogP contribution in [-0.4, -0.2) is 84.0 Å². The van der Waals surface area contributed by atoms with E-state index in [1.165, 1.54) is 0 Å². The van der Waals surface area contributed by atoms with E-state index in [9.17, 15) is 24.3 Å². The fraction of sp³-hybridized carbons (Fsp3) is 0.224. The number of hydrogen-bond acceptors (Lipinski definition) is 9. The number of piperidine rings is 1. The number of fused-ring (bicyclic) bond motifs is 2. The van der Waals surface area contributed by atoms with Gasteiger partial charge in [0.05, 0.1) is 5.56 Å². The summed E-state index contributed by atoms with van der Waals surface area (Å²) in [4.78, 5) is 55.1. The molecule has 1 atom stereocenters. The summed E-state index contributed by atoms with van der Waals surface area (Å²) in [5.41, 5.74) is 5.52. The van der Waals surface area contributed by atoms with Crippen LogP contribution in [0.1, 0.15) is 44.7 Å². The second-order valence-electron chi connectivity index (χ2n) is 15.5. The predicted molar refractivity (Wildman–Crippen MR) is 230 cm³/mol. The number of carbonyl (C=O) groups is 4. The number of amides is 3. The molecule has 0 bridgehead atoms. The number of benzene rings is 6. The van der Waals surface area contributed by atoms with E-state index in [1.54, 1.807) is 29.2 Å². The number of hydrogen-bond donors (Lipinski definition) is 2. The van der Waals surface area contributed by atoms with Gasteiger partial charge >= 0.3 is 5.97 Å². The Balaban J connectivity index is 0.810. The van der Waals surface area contributed by atoms with Crippen LogP contribution in [0.2, 0.25) is 0 Å². The Labute approximate surface area is 352 Å². The van der Waals surface area contributed by atoms with Crippen molar-refractivity contribution in [3.8, 4) is 34.1 Å². The van der Waals surface area contributed by atoms with E-state index >= 15 is 0 Å². The molecule has 308 valence electrons. The van der Waals surface area contributed by atoms with Crippen LogP contribution in [-0.2, 0) is 22.7 Å². The molecule has 61 heavy (non-hydrogen) atoms. The maximum absolute atomic E-state index is 13.1. The van der Waals surface area contributed by atoms with Crippen molar-refractivity contribution in [1.29, 1.82) is 0 Å². The van der Waals surface area contributed by atoms with E-state index in [2.05, 4.69) is 21.2 Å². The molecular weight excluding hydrogens is 773 g/mol. The molecule has 12 nitrogen and oxygen atoms in total. The Morgan fingerprint density at radius 3 is 2.23 bits per heavy atom. The zero-order valence-electron chi connectivity index (χ0n) is 33.4. The van der Waals surface area contributed by atoms with Gasteiger partial charge < -0.3 is 29.1 Å². The average Bonchev–Trinajstić information content (AvgIpc) is 3.61. The van der Waals surface area contributed by atoms with Crippen LogP contribution in [0.3, 0.4) is 0 Å². The van der Waals surface area contributed by atoms with Crippen LogP contribution >= 0.6 is 0 Å². The van der Waals surface area contributed by atoms with Crippen molar-refractivity contribution in [3.63, 3.8) is 0 Å². The van der Waals surface area contributed by atoms with E-state index in [0.29, 0.717) is 43.2 Å². The predicted octanol–water partition coefficient (Wildman–Crippen LogP) is 7.54. The van der Waals surface area contributed by atoms with Crippen LogP contribution in [0.5, 0.6) is 23.0 Å². The number of imide groups is 1. The fourth-order valence-corrected chi connectivity index (χ4v) is 8.24. The Bertz CT molecular complexity index is 2610. The normalized spacial score (nSPS) is 16.7. The zero-order chi connectivity index (χ0) is 41.9. The Morgan fingerprint density at radius 2 is 1.48 bits per heavy atom. The van der Waals surface area contributed by atoms with Crippen LogP contribution in [0.4, 0.5) is 5.69 Å². The van der Waals surface area contributed by atoms with Crippen LogP contribution in [0, 0.1) is 0 Å². The summed E-state index contributed by atoms with van der Waals surface area (Å²) in [6, 6.07) is 39.6. The minimum atomic E-state index is -0.982. The van der Waals surface area contributed by atoms with Crippen molar-refractivity contribution in [3.05, 3.63) is 150 Å². The molecule has 2 fully saturated rings. The standard InChI is InChI=1S/C49H44N4O8/c54-45-21-20-44(47(55)50-45)53-30-36-28-37(11-18-43(36)48(53)56)52-24-22-51(23-25-52)26-27-59-38-12-14-39(15-13-38)61-46-41(33-6-8-34(9-7-33)49(57)58)17-10-35-29-40(16-19-42(35)46)60-31-32-4-2-1-3-5-32/h1-19,28-29,44H,20-27,30-31H2,(H,57,58)(H,50,54,55). The lowest BCUT2D eigenvalue weighted by Gasteiger charge is -2.36. The quantitative estimate of drug-likeness (QED) is 0.113. The monoisotopic (exact) mass is 816 g/mol. The first-order valence-corrected chi connectivity index (χ1v) is 20.5. The summed E-state index contributed by atoms with van der Waals surface area (Å²) >= 11 is 0. The number of carboxylic acid groups (broad SMARTS) is 1. The largest absolute Gasteiger partial charge is 0.492 e. The molecule has 3 amide bonds. The third kappa shape index (κ3) is 8.62. The summed E-state index contributed by atoms with van der Waals surface area (Å²) in [5.74, 6) is 0.900. The molecule has 3 aliphatic heterocycles. The molecule has 0 saturated carbocycles. The van der Waals surface area contributed by atoms with Crippen molar-refractivity contribution in [2.45, 2.75) is 32.0 Å². The number of nitrogens with zero attached hydrogens (tertiary/aromatic N) is 3. The third-order valence-corrected chi connectivity index (χ3v) is 11.6. The second-order valence-corrected chi connectivity index (χ2v) is 15.5. The van der Waals surface area contributed by atoms with Gasteiger partial charge in [-0.25, -0.2) is 4.79 Å². The lowest BCUT2D eigenvalue weighted by molar-refractivity contribution is -0.136. The number of carboxylic acids is 1. The van der Waals surface area contributed by atoms with Gasteiger partial charge in [-0.3, -0.25) is 24.6 Å². The summed E-state index contributed by atoms with van der Waals surface area (Å²) in [7, 11) is 0. The van der Waals surface area contributed by atoms with Gasteiger partial charge in [0, 0.05) is 67.9 Å². The van der Waals surface area contributed by atoms with Gasteiger partial charge in [0.15, 0.2) is 0 Å². The minimum absolute atomic E-state index is 0.163. The number of rotatable bonds is 13. The molecule has 6 aromatic rings. The first kappa shape index (κ1) is 39.3. The molecule has 2 N–H and O–H groups in total. The molecule has 0 aromatic heterocycles. The molecule has 0 aliphatic carbocycles. The number of aromatic carboxylic acids is 1. The molecule has 3 heterocycles. The first-order chi connectivity index (χ1) is 29.8. The van der Waals surface area contributed by atoms with E-state index in [4.69, 9.17) is 14.2 Å². The summed E-state index contributed by atoms with van der Waals surface area (Å²) in [6.45, 7) is 5.49. The van der Waals surface area contributed by atoms with E-state index in [0.717, 1.165) is 82.9 Å². The Morgan fingerprint density at radius 1 is 0.738 bits per heavy atom. The molecular formula is C49H44N4O8.